The topological polar surface area (TPSA) is 21.3 Å². The van der Waals surface area contributed by atoms with Gasteiger partial charge in [-0.1, -0.05) is 37.8 Å². The third-order valence-electron chi connectivity index (χ3n) is 3.79. The number of benzene rings is 1. The number of hydrogen-bond acceptors (Lipinski definition) is 2. The second-order valence-electron chi connectivity index (χ2n) is 5.35. The van der Waals surface area contributed by atoms with Gasteiger partial charge in [-0.15, -0.1) is 0 Å². The van der Waals surface area contributed by atoms with Crippen molar-refractivity contribution in [3.8, 4) is 5.75 Å². The summed E-state index contributed by atoms with van der Waals surface area (Å²) in [6.45, 7) is 4.72. The number of hydrogen-bond donors (Lipinski definition) is 1. The van der Waals surface area contributed by atoms with E-state index >= 15 is 0 Å². The zero-order valence-electron chi connectivity index (χ0n) is 11.8. The van der Waals surface area contributed by atoms with Crippen molar-refractivity contribution < 1.29 is 4.74 Å². The first-order valence-electron chi connectivity index (χ1n) is 7.41. The van der Waals surface area contributed by atoms with Gasteiger partial charge in [0.1, 0.15) is 5.75 Å². The van der Waals surface area contributed by atoms with Crippen LogP contribution < -0.4 is 10.1 Å². The third kappa shape index (κ3) is 4.70. The van der Waals surface area contributed by atoms with Gasteiger partial charge in [0.25, 0.3) is 0 Å². The van der Waals surface area contributed by atoms with Crippen molar-refractivity contribution >= 4 is 11.6 Å². The molecule has 0 heterocycles. The fraction of sp³-hybridized carbons (Fsp3) is 0.625. The minimum Gasteiger partial charge on any atom is -0.493 e. The molecular weight excluding hydrogens is 258 g/mol. The van der Waals surface area contributed by atoms with E-state index in [-0.39, 0.29) is 0 Å². The molecule has 1 aliphatic rings. The molecule has 106 valence electrons. The fourth-order valence-electron chi connectivity index (χ4n) is 2.65. The van der Waals surface area contributed by atoms with E-state index < -0.39 is 0 Å². The van der Waals surface area contributed by atoms with E-state index in [1.807, 2.05) is 18.2 Å². The molecule has 2 rings (SSSR count). The maximum Gasteiger partial charge on any atom is 0.123 e. The molecule has 0 bridgehead atoms. The van der Waals surface area contributed by atoms with Crippen molar-refractivity contribution in [3.05, 3.63) is 28.8 Å². The first-order chi connectivity index (χ1) is 9.29. The van der Waals surface area contributed by atoms with Crippen LogP contribution in [-0.4, -0.2) is 13.2 Å². The van der Waals surface area contributed by atoms with Gasteiger partial charge in [-0.3, -0.25) is 0 Å². The molecule has 1 N–H and O–H groups in total. The maximum absolute atomic E-state index is 6.06. The summed E-state index contributed by atoms with van der Waals surface area (Å²) >= 11 is 6.06. The SMILES string of the molecule is CCNCc1cc(Cl)ccc1OCC1CCCCC1. The van der Waals surface area contributed by atoms with Crippen LogP contribution in [0.1, 0.15) is 44.6 Å². The van der Waals surface area contributed by atoms with E-state index in [4.69, 9.17) is 16.3 Å². The number of nitrogens with one attached hydrogen (secondary N) is 1. The Hall–Kier alpha value is -0.730. The summed E-state index contributed by atoms with van der Waals surface area (Å²) in [4.78, 5) is 0. The molecule has 0 saturated heterocycles. The van der Waals surface area contributed by atoms with E-state index in [2.05, 4.69) is 12.2 Å². The van der Waals surface area contributed by atoms with Crippen LogP contribution >= 0.6 is 11.6 Å². The molecule has 0 amide bonds. The van der Waals surface area contributed by atoms with Crippen molar-refractivity contribution in [1.29, 1.82) is 0 Å². The molecule has 1 aromatic rings. The smallest absolute Gasteiger partial charge is 0.123 e. The Morgan fingerprint density at radius 1 is 1.26 bits per heavy atom. The van der Waals surface area contributed by atoms with Gasteiger partial charge in [-0.25, -0.2) is 0 Å². The number of ether oxygens (including phenoxy) is 1. The van der Waals surface area contributed by atoms with Crippen LogP contribution in [0.15, 0.2) is 18.2 Å². The van der Waals surface area contributed by atoms with Gasteiger partial charge in [0, 0.05) is 17.1 Å². The Morgan fingerprint density at radius 3 is 2.79 bits per heavy atom. The molecule has 19 heavy (non-hydrogen) atoms. The van der Waals surface area contributed by atoms with Crippen LogP contribution in [0.3, 0.4) is 0 Å². The Morgan fingerprint density at radius 2 is 2.05 bits per heavy atom. The molecule has 1 fully saturated rings. The quantitative estimate of drug-likeness (QED) is 0.834. The average Bonchev–Trinajstić information content (AvgIpc) is 2.45. The van der Waals surface area contributed by atoms with Crippen molar-refractivity contribution in [2.45, 2.75) is 45.6 Å². The van der Waals surface area contributed by atoms with Crippen molar-refractivity contribution in [3.63, 3.8) is 0 Å². The first kappa shape index (κ1) is 14.7. The highest BCUT2D eigenvalue weighted by Gasteiger charge is 2.14. The van der Waals surface area contributed by atoms with E-state index in [1.54, 1.807) is 0 Å². The van der Waals surface area contributed by atoms with Gasteiger partial charge in [-0.2, -0.15) is 0 Å². The lowest BCUT2D eigenvalue weighted by Crippen LogP contribution is -2.17. The summed E-state index contributed by atoms with van der Waals surface area (Å²) < 4.78 is 6.03. The lowest BCUT2D eigenvalue weighted by molar-refractivity contribution is 0.207. The van der Waals surface area contributed by atoms with Gasteiger partial charge < -0.3 is 10.1 Å². The highest BCUT2D eigenvalue weighted by molar-refractivity contribution is 6.30. The van der Waals surface area contributed by atoms with Gasteiger partial charge in [-0.05, 0) is 43.5 Å². The Bertz CT molecular complexity index is 388. The predicted molar refractivity (Wildman–Crippen MR) is 80.9 cm³/mol. The average molecular weight is 282 g/mol. The molecule has 1 saturated carbocycles. The molecule has 0 aliphatic heterocycles. The van der Waals surface area contributed by atoms with E-state index in [9.17, 15) is 0 Å². The van der Waals surface area contributed by atoms with Crippen LogP contribution in [0.5, 0.6) is 5.75 Å². The highest BCUT2D eigenvalue weighted by atomic mass is 35.5. The molecule has 0 unspecified atom stereocenters. The van der Waals surface area contributed by atoms with Crippen LogP contribution in [0.4, 0.5) is 0 Å². The van der Waals surface area contributed by atoms with Crippen LogP contribution in [0.25, 0.3) is 0 Å². The normalized spacial score (nSPS) is 16.5. The van der Waals surface area contributed by atoms with Crippen LogP contribution in [-0.2, 0) is 6.54 Å². The van der Waals surface area contributed by atoms with Crippen molar-refractivity contribution in [2.24, 2.45) is 5.92 Å². The molecule has 0 atom stereocenters. The largest absolute Gasteiger partial charge is 0.493 e. The molecule has 0 radical (unpaired) electrons. The molecule has 1 aliphatic carbocycles. The minimum atomic E-state index is 0.733. The van der Waals surface area contributed by atoms with Crippen LogP contribution in [0.2, 0.25) is 5.02 Å². The summed E-state index contributed by atoms with van der Waals surface area (Å²) in [6, 6.07) is 5.91. The molecule has 3 heteroatoms. The molecule has 0 aromatic heterocycles. The number of halogens is 1. The second-order valence-corrected chi connectivity index (χ2v) is 5.78. The number of rotatable bonds is 6. The maximum atomic E-state index is 6.06. The summed E-state index contributed by atoms with van der Waals surface area (Å²) in [5.74, 6) is 1.72. The second kappa shape index (κ2) is 7.76. The Labute approximate surface area is 121 Å². The van der Waals surface area contributed by atoms with Crippen LogP contribution in [0, 0.1) is 5.92 Å². The summed E-state index contributed by atoms with van der Waals surface area (Å²) in [5, 5.41) is 4.11. The zero-order chi connectivity index (χ0) is 13.5. The Balaban J connectivity index is 1.93. The predicted octanol–water partition coefficient (Wildman–Crippen LogP) is 4.41. The first-order valence-corrected chi connectivity index (χ1v) is 7.79. The molecule has 0 spiro atoms. The lowest BCUT2D eigenvalue weighted by atomic mass is 9.90. The van der Waals surface area contributed by atoms with Crippen molar-refractivity contribution in [2.75, 3.05) is 13.2 Å². The standard InChI is InChI=1S/C16H24ClNO/c1-2-18-11-14-10-15(17)8-9-16(14)19-12-13-6-4-3-5-7-13/h8-10,13,18H,2-7,11-12H2,1H3. The zero-order valence-corrected chi connectivity index (χ0v) is 12.5. The third-order valence-corrected chi connectivity index (χ3v) is 4.02. The summed E-state index contributed by atoms with van der Waals surface area (Å²) in [5.41, 5.74) is 1.16. The van der Waals surface area contributed by atoms with E-state index in [1.165, 1.54) is 32.1 Å². The lowest BCUT2D eigenvalue weighted by Gasteiger charge is -2.22. The molecule has 2 nitrogen and oxygen atoms in total. The van der Waals surface area contributed by atoms with Gasteiger partial charge in [0.05, 0.1) is 6.61 Å². The van der Waals surface area contributed by atoms with Gasteiger partial charge in [0.15, 0.2) is 0 Å². The molecule has 1 aromatic carbocycles. The fourth-order valence-corrected chi connectivity index (χ4v) is 2.84. The Kier molecular flexibility index (Phi) is 5.99. The summed E-state index contributed by atoms with van der Waals surface area (Å²) in [6.07, 6.45) is 6.74. The molecular formula is C16H24ClNO. The van der Waals surface area contributed by atoms with Crippen molar-refractivity contribution in [1.82, 2.24) is 5.32 Å². The van der Waals surface area contributed by atoms with E-state index in [0.717, 1.165) is 41.9 Å². The van der Waals surface area contributed by atoms with Gasteiger partial charge >= 0.3 is 0 Å². The summed E-state index contributed by atoms with van der Waals surface area (Å²) in [7, 11) is 0. The van der Waals surface area contributed by atoms with E-state index in [0.29, 0.717) is 0 Å². The highest BCUT2D eigenvalue weighted by Crippen LogP contribution is 2.27. The minimum absolute atomic E-state index is 0.733. The monoisotopic (exact) mass is 281 g/mol. The van der Waals surface area contributed by atoms with Gasteiger partial charge in [0.2, 0.25) is 0 Å².